The van der Waals surface area contributed by atoms with Crippen LogP contribution in [0.15, 0.2) is 30.4 Å². The van der Waals surface area contributed by atoms with Gasteiger partial charge >= 0.3 is 0 Å². The number of allylic oxidation sites excluding steroid dienone is 1. The van der Waals surface area contributed by atoms with Gasteiger partial charge in [-0.3, -0.25) is 14.9 Å². The van der Waals surface area contributed by atoms with Gasteiger partial charge in [-0.15, -0.1) is 0 Å². The number of nitro benzene ring substituents is 1. The molecule has 0 spiro atoms. The summed E-state index contributed by atoms with van der Waals surface area (Å²) >= 11 is 0. The molecule has 1 rings (SSSR count). The average Bonchev–Trinajstić information content (AvgIpc) is 2.33. The molecular formula is C13H16N2O3. The van der Waals surface area contributed by atoms with Crippen molar-refractivity contribution in [1.82, 2.24) is 5.32 Å². The first-order chi connectivity index (χ1) is 8.54. The normalized spacial score (nSPS) is 10.6. The van der Waals surface area contributed by atoms with E-state index in [1.807, 2.05) is 19.1 Å². The fourth-order valence-corrected chi connectivity index (χ4v) is 1.54. The number of hydrogen-bond donors (Lipinski definition) is 1. The van der Waals surface area contributed by atoms with Gasteiger partial charge in [-0.05, 0) is 31.9 Å². The molecule has 0 saturated carbocycles. The van der Waals surface area contributed by atoms with E-state index in [-0.39, 0.29) is 11.6 Å². The lowest BCUT2D eigenvalue weighted by atomic mass is 10.1. The topological polar surface area (TPSA) is 72.2 Å². The van der Waals surface area contributed by atoms with Crippen molar-refractivity contribution in [2.24, 2.45) is 0 Å². The summed E-state index contributed by atoms with van der Waals surface area (Å²) in [6.45, 7) is 4.15. The van der Waals surface area contributed by atoms with E-state index in [1.54, 1.807) is 13.0 Å². The number of carbonyl (C=O) groups excluding carboxylic acids is 1. The number of nitro groups is 1. The molecule has 0 aromatic heterocycles. The number of hydrogen-bond acceptors (Lipinski definition) is 3. The lowest BCUT2D eigenvalue weighted by Gasteiger charge is -2.04. The average molecular weight is 248 g/mol. The molecule has 1 aromatic carbocycles. The summed E-state index contributed by atoms with van der Waals surface area (Å²) in [5.41, 5.74) is 0.957. The van der Waals surface area contributed by atoms with Gasteiger partial charge in [0, 0.05) is 24.2 Å². The Morgan fingerprint density at radius 1 is 1.44 bits per heavy atom. The van der Waals surface area contributed by atoms with Crippen LogP contribution in [0, 0.1) is 17.0 Å². The van der Waals surface area contributed by atoms with E-state index in [9.17, 15) is 14.9 Å². The van der Waals surface area contributed by atoms with Crippen molar-refractivity contribution < 1.29 is 9.72 Å². The van der Waals surface area contributed by atoms with Crippen molar-refractivity contribution in [2.75, 3.05) is 6.54 Å². The van der Waals surface area contributed by atoms with Gasteiger partial charge in [0.15, 0.2) is 0 Å². The van der Waals surface area contributed by atoms with E-state index in [0.29, 0.717) is 17.7 Å². The predicted molar refractivity (Wildman–Crippen MR) is 69.6 cm³/mol. The third-order valence-electron chi connectivity index (χ3n) is 2.37. The molecule has 0 aliphatic heterocycles. The number of aryl methyl sites for hydroxylation is 1. The fourth-order valence-electron chi connectivity index (χ4n) is 1.54. The second-order valence-electron chi connectivity index (χ2n) is 3.93. The van der Waals surface area contributed by atoms with E-state index >= 15 is 0 Å². The molecular weight excluding hydrogens is 232 g/mol. The van der Waals surface area contributed by atoms with Crippen molar-refractivity contribution in [3.05, 3.63) is 51.6 Å². The molecule has 0 heterocycles. The Kier molecular flexibility index (Phi) is 5.05. The number of amides is 1. The van der Waals surface area contributed by atoms with Gasteiger partial charge in [0.25, 0.3) is 11.6 Å². The maximum Gasteiger partial charge on any atom is 0.270 e. The van der Waals surface area contributed by atoms with E-state index in [1.165, 1.54) is 12.1 Å². The first-order valence-electron chi connectivity index (χ1n) is 5.70. The van der Waals surface area contributed by atoms with Gasteiger partial charge in [0.2, 0.25) is 0 Å². The maximum absolute atomic E-state index is 11.8. The molecule has 18 heavy (non-hydrogen) atoms. The summed E-state index contributed by atoms with van der Waals surface area (Å²) in [5.74, 6) is -0.286. The minimum atomic E-state index is -0.496. The molecule has 1 amide bonds. The van der Waals surface area contributed by atoms with Gasteiger partial charge in [0.1, 0.15) is 0 Å². The maximum atomic E-state index is 11.8. The summed E-state index contributed by atoms with van der Waals surface area (Å²) in [6.07, 6.45) is 4.60. The number of nitrogens with one attached hydrogen (secondary N) is 1. The van der Waals surface area contributed by atoms with E-state index in [4.69, 9.17) is 0 Å². The Balaban J connectivity index is 2.76. The number of nitrogens with zero attached hydrogens (tertiary/aromatic N) is 1. The predicted octanol–water partition coefficient (Wildman–Crippen LogP) is 2.60. The van der Waals surface area contributed by atoms with Gasteiger partial charge in [-0.1, -0.05) is 12.2 Å². The van der Waals surface area contributed by atoms with Crippen LogP contribution in [0.1, 0.15) is 29.3 Å². The van der Waals surface area contributed by atoms with Crippen molar-refractivity contribution in [3.63, 3.8) is 0 Å². The van der Waals surface area contributed by atoms with Crippen LogP contribution in [0.2, 0.25) is 0 Å². The molecule has 5 nitrogen and oxygen atoms in total. The van der Waals surface area contributed by atoms with Crippen LogP contribution in [0.25, 0.3) is 0 Å². The molecule has 1 aromatic rings. The molecule has 0 aliphatic rings. The highest BCUT2D eigenvalue weighted by Crippen LogP contribution is 2.16. The number of benzene rings is 1. The largest absolute Gasteiger partial charge is 0.352 e. The lowest BCUT2D eigenvalue weighted by Crippen LogP contribution is -2.24. The lowest BCUT2D eigenvalue weighted by molar-refractivity contribution is -0.384. The Labute approximate surface area is 106 Å². The highest BCUT2D eigenvalue weighted by molar-refractivity contribution is 5.95. The van der Waals surface area contributed by atoms with Crippen LogP contribution in [0.3, 0.4) is 0 Å². The van der Waals surface area contributed by atoms with Crippen LogP contribution < -0.4 is 5.32 Å². The van der Waals surface area contributed by atoms with Crippen LogP contribution in [0.5, 0.6) is 0 Å². The smallest absolute Gasteiger partial charge is 0.270 e. The molecule has 0 unspecified atom stereocenters. The molecule has 0 radical (unpaired) electrons. The Morgan fingerprint density at radius 3 is 2.78 bits per heavy atom. The monoisotopic (exact) mass is 248 g/mol. The van der Waals surface area contributed by atoms with Crippen molar-refractivity contribution in [2.45, 2.75) is 20.3 Å². The summed E-state index contributed by atoms with van der Waals surface area (Å²) in [4.78, 5) is 22.0. The van der Waals surface area contributed by atoms with Crippen LogP contribution in [-0.4, -0.2) is 17.4 Å². The zero-order chi connectivity index (χ0) is 13.5. The molecule has 1 N–H and O–H groups in total. The van der Waals surface area contributed by atoms with Crippen molar-refractivity contribution in [3.8, 4) is 0 Å². The third-order valence-corrected chi connectivity index (χ3v) is 2.37. The molecule has 96 valence electrons. The third kappa shape index (κ3) is 4.01. The molecule has 0 bridgehead atoms. The van der Waals surface area contributed by atoms with E-state index < -0.39 is 4.92 Å². The van der Waals surface area contributed by atoms with E-state index in [0.717, 1.165) is 6.42 Å². The minimum absolute atomic E-state index is 0.0615. The van der Waals surface area contributed by atoms with E-state index in [2.05, 4.69) is 5.32 Å². The summed E-state index contributed by atoms with van der Waals surface area (Å²) in [6, 6.07) is 4.37. The fraction of sp³-hybridized carbons (Fsp3) is 0.308. The van der Waals surface area contributed by atoms with Gasteiger partial charge in [-0.25, -0.2) is 0 Å². The highest BCUT2D eigenvalue weighted by Gasteiger charge is 2.12. The number of non-ortho nitro benzene ring substituents is 1. The number of rotatable bonds is 5. The molecule has 0 atom stereocenters. The van der Waals surface area contributed by atoms with Gasteiger partial charge < -0.3 is 5.32 Å². The van der Waals surface area contributed by atoms with Crippen molar-refractivity contribution in [1.29, 1.82) is 0 Å². The SMILES string of the molecule is C/C=C/CCNC(=O)c1cc(C)cc([N+](=O)[O-])c1. The highest BCUT2D eigenvalue weighted by atomic mass is 16.6. The standard InChI is InChI=1S/C13H16N2O3/c1-3-4-5-6-14-13(16)11-7-10(2)8-12(9-11)15(17)18/h3-4,7-9H,5-6H2,1-2H3,(H,14,16)/b4-3+. The quantitative estimate of drug-likeness (QED) is 0.377. The second-order valence-corrected chi connectivity index (χ2v) is 3.93. The zero-order valence-corrected chi connectivity index (χ0v) is 10.5. The van der Waals surface area contributed by atoms with Gasteiger partial charge in [0.05, 0.1) is 4.92 Å². The molecule has 5 heteroatoms. The Bertz CT molecular complexity index is 481. The molecule has 0 aliphatic carbocycles. The van der Waals surface area contributed by atoms with Crippen LogP contribution in [0.4, 0.5) is 5.69 Å². The van der Waals surface area contributed by atoms with Crippen LogP contribution >= 0.6 is 0 Å². The van der Waals surface area contributed by atoms with Gasteiger partial charge in [-0.2, -0.15) is 0 Å². The summed E-state index contributed by atoms with van der Waals surface area (Å²) < 4.78 is 0. The molecule has 0 saturated heterocycles. The zero-order valence-electron chi connectivity index (χ0n) is 10.5. The summed E-state index contributed by atoms with van der Waals surface area (Å²) in [5, 5.41) is 13.4. The first-order valence-corrected chi connectivity index (χ1v) is 5.70. The summed E-state index contributed by atoms with van der Waals surface area (Å²) in [7, 11) is 0. The van der Waals surface area contributed by atoms with Crippen LogP contribution in [-0.2, 0) is 0 Å². The first kappa shape index (κ1) is 13.9. The number of carbonyl (C=O) groups is 1. The van der Waals surface area contributed by atoms with Crippen molar-refractivity contribution >= 4 is 11.6 Å². The Hall–Kier alpha value is -2.17. The minimum Gasteiger partial charge on any atom is -0.352 e. The molecule has 0 fully saturated rings. The second kappa shape index (κ2) is 6.54. The Morgan fingerprint density at radius 2 is 2.17 bits per heavy atom.